The van der Waals surface area contributed by atoms with Crippen molar-refractivity contribution in [3.63, 3.8) is 0 Å². The summed E-state index contributed by atoms with van der Waals surface area (Å²) in [6.45, 7) is 3.77. The van der Waals surface area contributed by atoms with Crippen molar-refractivity contribution in [3.05, 3.63) is 44.4 Å². The minimum Gasteiger partial charge on any atom is -0.490 e. The number of benzene rings is 1. The summed E-state index contributed by atoms with van der Waals surface area (Å²) < 4.78 is 10.3. The zero-order valence-corrected chi connectivity index (χ0v) is 15.0. The second kappa shape index (κ2) is 8.21. The number of nitrogens with one attached hydrogen (secondary N) is 1. The molecule has 0 atom stereocenters. The lowest BCUT2D eigenvalue weighted by Gasteiger charge is -2.25. The van der Waals surface area contributed by atoms with Crippen molar-refractivity contribution in [2.24, 2.45) is 0 Å². The molecule has 3 rings (SSSR count). The van der Waals surface area contributed by atoms with E-state index in [1.807, 2.05) is 0 Å². The van der Waals surface area contributed by atoms with Gasteiger partial charge >= 0.3 is 5.69 Å². The van der Waals surface area contributed by atoms with Crippen LogP contribution in [0, 0.1) is 10.1 Å². The fourth-order valence-electron chi connectivity index (χ4n) is 2.54. The Bertz CT molecular complexity index is 804. The second-order valence-electron chi connectivity index (χ2n) is 5.61. The van der Waals surface area contributed by atoms with Gasteiger partial charge in [-0.15, -0.1) is 11.3 Å². The van der Waals surface area contributed by atoms with Crippen molar-refractivity contribution in [1.82, 2.24) is 9.88 Å². The number of hydrogen-bond acceptors (Lipinski definition) is 8. The van der Waals surface area contributed by atoms with Gasteiger partial charge in [0.1, 0.15) is 10.7 Å². The van der Waals surface area contributed by atoms with Crippen molar-refractivity contribution in [3.8, 4) is 5.75 Å². The number of anilines is 1. The van der Waals surface area contributed by atoms with Crippen molar-refractivity contribution >= 4 is 28.6 Å². The Morgan fingerprint density at radius 3 is 2.92 bits per heavy atom. The number of nitro groups is 1. The molecular weight excluding hydrogens is 360 g/mol. The minimum absolute atomic E-state index is 0.134. The van der Waals surface area contributed by atoms with Gasteiger partial charge in [0.05, 0.1) is 31.8 Å². The highest BCUT2D eigenvalue weighted by atomic mass is 32.1. The molecule has 0 radical (unpaired) electrons. The van der Waals surface area contributed by atoms with Crippen LogP contribution in [0.5, 0.6) is 5.75 Å². The zero-order valence-electron chi connectivity index (χ0n) is 14.1. The van der Waals surface area contributed by atoms with E-state index in [4.69, 9.17) is 9.47 Å². The number of rotatable bonds is 6. The van der Waals surface area contributed by atoms with Crippen LogP contribution in [-0.2, 0) is 11.3 Å². The smallest absolute Gasteiger partial charge is 0.312 e. The average molecular weight is 378 g/mol. The molecule has 0 unspecified atom stereocenters. The molecule has 10 heteroatoms. The van der Waals surface area contributed by atoms with Gasteiger partial charge in [0.15, 0.2) is 5.75 Å². The Kier molecular flexibility index (Phi) is 5.76. The van der Waals surface area contributed by atoms with E-state index < -0.39 is 10.8 Å². The largest absolute Gasteiger partial charge is 0.490 e. The fourth-order valence-corrected chi connectivity index (χ4v) is 3.36. The molecule has 9 nitrogen and oxygen atoms in total. The Balaban J connectivity index is 1.66. The summed E-state index contributed by atoms with van der Waals surface area (Å²) >= 11 is 1.41. The van der Waals surface area contributed by atoms with E-state index in [-0.39, 0.29) is 17.1 Å². The maximum absolute atomic E-state index is 12.4. The standard InChI is InChI=1S/C16H18N4O5S/c1-24-14-3-2-11(8-13(14)20(22)23)17-16(21)12-10-26-15(18-12)9-19-4-6-25-7-5-19/h2-3,8,10H,4-7,9H2,1H3,(H,17,21). The van der Waals surface area contributed by atoms with Crippen LogP contribution in [0.3, 0.4) is 0 Å². The highest BCUT2D eigenvalue weighted by molar-refractivity contribution is 7.09. The first-order valence-corrected chi connectivity index (χ1v) is 8.83. The first kappa shape index (κ1) is 18.2. The molecule has 0 bridgehead atoms. The SMILES string of the molecule is COc1ccc(NC(=O)c2csc(CN3CCOCC3)n2)cc1[N+](=O)[O-]. The molecule has 2 aromatic rings. The lowest BCUT2D eigenvalue weighted by Crippen LogP contribution is -2.35. The number of methoxy groups -OCH3 is 1. The van der Waals surface area contributed by atoms with Crippen LogP contribution in [0.4, 0.5) is 11.4 Å². The minimum atomic E-state index is -0.558. The van der Waals surface area contributed by atoms with E-state index in [1.54, 1.807) is 11.4 Å². The number of thiazole rings is 1. The number of nitrogens with zero attached hydrogens (tertiary/aromatic N) is 3. The van der Waals surface area contributed by atoms with Crippen LogP contribution in [0.1, 0.15) is 15.5 Å². The number of hydrogen-bond donors (Lipinski definition) is 1. The molecule has 0 saturated carbocycles. The molecule has 1 aliphatic heterocycles. The van der Waals surface area contributed by atoms with E-state index in [0.717, 1.165) is 18.1 Å². The predicted molar refractivity (Wildman–Crippen MR) is 95.8 cm³/mol. The molecule has 1 N–H and O–H groups in total. The van der Waals surface area contributed by atoms with E-state index in [0.29, 0.717) is 25.4 Å². The number of morpholine rings is 1. The summed E-state index contributed by atoms with van der Waals surface area (Å²) in [7, 11) is 1.35. The van der Waals surface area contributed by atoms with Crippen LogP contribution >= 0.6 is 11.3 Å². The molecule has 0 aliphatic carbocycles. The maximum atomic E-state index is 12.4. The predicted octanol–water partition coefficient (Wildman–Crippen LogP) is 2.14. The molecule has 26 heavy (non-hydrogen) atoms. The summed E-state index contributed by atoms with van der Waals surface area (Å²) in [5.74, 6) is -0.275. The third-order valence-corrected chi connectivity index (χ3v) is 4.71. The van der Waals surface area contributed by atoms with E-state index in [1.165, 1.54) is 30.6 Å². The van der Waals surface area contributed by atoms with Crippen molar-refractivity contribution in [2.45, 2.75) is 6.54 Å². The third-order valence-electron chi connectivity index (χ3n) is 3.88. The van der Waals surface area contributed by atoms with Gasteiger partial charge in [-0.1, -0.05) is 0 Å². The van der Waals surface area contributed by atoms with Gasteiger partial charge in [0, 0.05) is 30.2 Å². The molecule has 1 aliphatic rings. The van der Waals surface area contributed by atoms with Gasteiger partial charge in [-0.2, -0.15) is 0 Å². The molecule has 0 spiro atoms. The molecule has 138 valence electrons. The van der Waals surface area contributed by atoms with Gasteiger partial charge in [-0.25, -0.2) is 4.98 Å². The second-order valence-corrected chi connectivity index (χ2v) is 6.56. The Hall–Kier alpha value is -2.56. The van der Waals surface area contributed by atoms with Crippen LogP contribution < -0.4 is 10.1 Å². The number of aromatic nitrogens is 1. The summed E-state index contributed by atoms with van der Waals surface area (Å²) in [6.07, 6.45) is 0. The Morgan fingerprint density at radius 1 is 1.46 bits per heavy atom. The van der Waals surface area contributed by atoms with Gasteiger partial charge in [0.2, 0.25) is 0 Å². The zero-order chi connectivity index (χ0) is 18.5. The summed E-state index contributed by atoms with van der Waals surface area (Å²) in [5, 5.41) is 16.2. The van der Waals surface area contributed by atoms with Gasteiger partial charge in [-0.3, -0.25) is 19.8 Å². The van der Waals surface area contributed by atoms with Crippen LogP contribution in [0.2, 0.25) is 0 Å². The monoisotopic (exact) mass is 378 g/mol. The van der Waals surface area contributed by atoms with Gasteiger partial charge in [-0.05, 0) is 12.1 Å². The quantitative estimate of drug-likeness (QED) is 0.606. The first-order valence-electron chi connectivity index (χ1n) is 7.95. The average Bonchev–Trinajstić information content (AvgIpc) is 3.11. The van der Waals surface area contributed by atoms with Crippen LogP contribution in [0.15, 0.2) is 23.6 Å². The maximum Gasteiger partial charge on any atom is 0.312 e. The highest BCUT2D eigenvalue weighted by Gasteiger charge is 2.18. The lowest BCUT2D eigenvalue weighted by molar-refractivity contribution is -0.385. The molecule has 2 heterocycles. The van der Waals surface area contributed by atoms with Gasteiger partial charge in [0.25, 0.3) is 5.91 Å². The summed E-state index contributed by atoms with van der Waals surface area (Å²) in [5.41, 5.74) is 0.388. The Morgan fingerprint density at radius 2 is 2.23 bits per heavy atom. The first-order chi connectivity index (χ1) is 12.6. The molecule has 1 saturated heterocycles. The van der Waals surface area contributed by atoms with Gasteiger partial charge < -0.3 is 14.8 Å². The molecular formula is C16H18N4O5S. The molecule has 1 fully saturated rings. The number of nitro benzene ring substituents is 1. The third kappa shape index (κ3) is 4.34. The van der Waals surface area contributed by atoms with Crippen molar-refractivity contribution < 1.29 is 19.2 Å². The van der Waals surface area contributed by atoms with E-state index in [2.05, 4.69) is 15.2 Å². The number of amides is 1. The highest BCUT2D eigenvalue weighted by Crippen LogP contribution is 2.29. The normalized spacial score (nSPS) is 14.8. The summed E-state index contributed by atoms with van der Waals surface area (Å²) in [6, 6.07) is 4.25. The number of carbonyl (C=O) groups excluding carboxylic acids is 1. The van der Waals surface area contributed by atoms with Crippen LogP contribution in [0.25, 0.3) is 0 Å². The molecule has 1 amide bonds. The topological polar surface area (TPSA) is 107 Å². The number of carbonyl (C=O) groups is 1. The molecule has 1 aromatic carbocycles. The fraction of sp³-hybridized carbons (Fsp3) is 0.375. The number of ether oxygens (including phenoxy) is 2. The van der Waals surface area contributed by atoms with Crippen molar-refractivity contribution in [1.29, 1.82) is 0 Å². The van der Waals surface area contributed by atoms with Crippen molar-refractivity contribution in [2.75, 3.05) is 38.7 Å². The van der Waals surface area contributed by atoms with E-state index in [9.17, 15) is 14.9 Å². The molecule has 1 aromatic heterocycles. The van der Waals surface area contributed by atoms with E-state index >= 15 is 0 Å². The van der Waals surface area contributed by atoms with Crippen LogP contribution in [-0.4, -0.2) is 54.1 Å². The Labute approximate surface area is 153 Å². The lowest BCUT2D eigenvalue weighted by atomic mass is 10.2. The summed E-state index contributed by atoms with van der Waals surface area (Å²) in [4.78, 5) is 29.4.